The molecule has 1 unspecified atom stereocenters. The van der Waals surface area contributed by atoms with Gasteiger partial charge in [0.25, 0.3) is 0 Å². The normalized spacial score (nSPS) is 22.9. The number of nitrogens with zero attached hydrogens (tertiary/aromatic N) is 1. The predicted molar refractivity (Wildman–Crippen MR) is 58.3 cm³/mol. The summed E-state index contributed by atoms with van der Waals surface area (Å²) in [6.45, 7) is 8.03. The topological polar surface area (TPSA) is 49.4 Å². The molecule has 1 aliphatic heterocycles. The predicted octanol–water partition coefficient (Wildman–Crippen LogP) is 0.912. The molecule has 0 aromatic heterocycles. The molecule has 86 valence electrons. The van der Waals surface area contributed by atoms with Crippen LogP contribution in [-0.4, -0.2) is 34.8 Å². The number of hydrogen-bond donors (Lipinski definition) is 1. The molecule has 1 heterocycles. The van der Waals surface area contributed by atoms with E-state index in [1.807, 2.05) is 13.8 Å². The van der Waals surface area contributed by atoms with Crippen molar-refractivity contribution < 1.29 is 9.59 Å². The van der Waals surface area contributed by atoms with Crippen LogP contribution in [0.4, 0.5) is 0 Å². The fraction of sp³-hybridized carbons (Fsp3) is 0.818. The van der Waals surface area contributed by atoms with E-state index in [0.29, 0.717) is 0 Å². The maximum Gasteiger partial charge on any atom is 0.245 e. The number of carbonyl (C=O) groups excluding carboxylic acids is 2. The molecule has 1 saturated heterocycles. The Morgan fingerprint density at radius 3 is 2.60 bits per heavy atom. The van der Waals surface area contributed by atoms with Gasteiger partial charge in [0, 0.05) is 5.54 Å². The van der Waals surface area contributed by atoms with Crippen LogP contribution in [0.1, 0.15) is 40.5 Å². The van der Waals surface area contributed by atoms with Gasteiger partial charge in [0.15, 0.2) is 0 Å². The largest absolute Gasteiger partial charge is 0.343 e. The fourth-order valence-corrected chi connectivity index (χ4v) is 2.06. The standard InChI is InChI=1S/C11H20N2O2/c1-5-6-11(3,4)13-7-9(14)12-8(2)10(13)15/h8H,5-7H2,1-4H3,(H,12,14). The molecular weight excluding hydrogens is 192 g/mol. The number of carbonyl (C=O) groups is 2. The first-order chi connectivity index (χ1) is 6.88. The van der Waals surface area contributed by atoms with Gasteiger partial charge in [0.05, 0.1) is 0 Å². The number of piperazine rings is 1. The van der Waals surface area contributed by atoms with Crippen molar-refractivity contribution in [3.05, 3.63) is 0 Å². The lowest BCUT2D eigenvalue weighted by Crippen LogP contribution is -2.62. The van der Waals surface area contributed by atoms with Gasteiger partial charge >= 0.3 is 0 Å². The molecule has 0 spiro atoms. The van der Waals surface area contributed by atoms with Gasteiger partial charge in [-0.25, -0.2) is 0 Å². The van der Waals surface area contributed by atoms with Crippen LogP contribution in [0.15, 0.2) is 0 Å². The summed E-state index contributed by atoms with van der Waals surface area (Å²) in [5.41, 5.74) is -0.224. The Labute approximate surface area is 91.0 Å². The van der Waals surface area contributed by atoms with Crippen LogP contribution in [0.2, 0.25) is 0 Å². The Balaban J connectivity index is 2.83. The molecule has 2 amide bonds. The summed E-state index contributed by atoms with van der Waals surface area (Å²) in [4.78, 5) is 25.0. The minimum Gasteiger partial charge on any atom is -0.343 e. The summed E-state index contributed by atoms with van der Waals surface area (Å²) in [5.74, 6) is -0.0423. The van der Waals surface area contributed by atoms with E-state index in [1.54, 1.807) is 11.8 Å². The Hall–Kier alpha value is -1.06. The van der Waals surface area contributed by atoms with E-state index in [9.17, 15) is 9.59 Å². The van der Waals surface area contributed by atoms with Crippen molar-refractivity contribution in [2.24, 2.45) is 0 Å². The monoisotopic (exact) mass is 212 g/mol. The zero-order valence-corrected chi connectivity index (χ0v) is 9.96. The van der Waals surface area contributed by atoms with Crippen LogP contribution < -0.4 is 5.32 Å². The molecule has 1 fully saturated rings. The van der Waals surface area contributed by atoms with Crippen LogP contribution in [0, 0.1) is 0 Å². The SMILES string of the molecule is CCCC(C)(C)N1CC(=O)NC(C)C1=O. The van der Waals surface area contributed by atoms with Gasteiger partial charge < -0.3 is 10.2 Å². The molecule has 4 heteroatoms. The summed E-state index contributed by atoms with van der Waals surface area (Å²) < 4.78 is 0. The van der Waals surface area contributed by atoms with Crippen molar-refractivity contribution in [2.45, 2.75) is 52.1 Å². The Bertz CT molecular complexity index is 274. The van der Waals surface area contributed by atoms with E-state index < -0.39 is 0 Å². The molecule has 1 rings (SSSR count). The second-order valence-corrected chi connectivity index (χ2v) is 4.78. The molecule has 0 saturated carbocycles. The van der Waals surface area contributed by atoms with E-state index in [1.165, 1.54) is 0 Å². The maximum atomic E-state index is 11.9. The second-order valence-electron chi connectivity index (χ2n) is 4.78. The van der Waals surface area contributed by atoms with Gasteiger partial charge in [0.1, 0.15) is 12.6 Å². The van der Waals surface area contributed by atoms with Crippen molar-refractivity contribution in [1.29, 1.82) is 0 Å². The van der Waals surface area contributed by atoms with Gasteiger partial charge in [-0.3, -0.25) is 9.59 Å². The summed E-state index contributed by atoms with van der Waals surface area (Å²) in [7, 11) is 0. The van der Waals surface area contributed by atoms with Gasteiger partial charge in [-0.2, -0.15) is 0 Å². The summed E-state index contributed by atoms with van der Waals surface area (Å²) in [5, 5.41) is 2.64. The van der Waals surface area contributed by atoms with Crippen molar-refractivity contribution >= 4 is 11.8 Å². The van der Waals surface area contributed by atoms with E-state index >= 15 is 0 Å². The molecule has 15 heavy (non-hydrogen) atoms. The molecule has 0 aromatic carbocycles. The molecular formula is C11H20N2O2. The smallest absolute Gasteiger partial charge is 0.245 e. The number of amides is 2. The lowest BCUT2D eigenvalue weighted by atomic mass is 9.94. The number of rotatable bonds is 3. The average molecular weight is 212 g/mol. The molecule has 1 atom stereocenters. The zero-order chi connectivity index (χ0) is 11.6. The fourth-order valence-electron chi connectivity index (χ4n) is 2.06. The first-order valence-corrected chi connectivity index (χ1v) is 5.49. The number of nitrogens with one attached hydrogen (secondary N) is 1. The van der Waals surface area contributed by atoms with Crippen LogP contribution >= 0.6 is 0 Å². The minimum atomic E-state index is -0.387. The van der Waals surface area contributed by atoms with Gasteiger partial charge in [-0.15, -0.1) is 0 Å². The maximum absolute atomic E-state index is 11.9. The third-order valence-electron chi connectivity index (χ3n) is 2.91. The van der Waals surface area contributed by atoms with Gasteiger partial charge in [-0.1, -0.05) is 13.3 Å². The van der Waals surface area contributed by atoms with Crippen molar-refractivity contribution in [1.82, 2.24) is 10.2 Å². The Morgan fingerprint density at radius 1 is 1.47 bits per heavy atom. The summed E-state index contributed by atoms with van der Waals surface area (Å²) >= 11 is 0. The van der Waals surface area contributed by atoms with E-state index in [-0.39, 0.29) is 29.9 Å². The quantitative estimate of drug-likeness (QED) is 0.756. The third kappa shape index (κ3) is 2.49. The summed E-state index contributed by atoms with van der Waals surface area (Å²) in [6.07, 6.45) is 1.92. The first kappa shape index (κ1) is 12.0. The van der Waals surface area contributed by atoms with Crippen LogP contribution in [0.3, 0.4) is 0 Å². The molecule has 0 bridgehead atoms. The second kappa shape index (κ2) is 4.21. The van der Waals surface area contributed by atoms with Crippen LogP contribution in [0.25, 0.3) is 0 Å². The molecule has 4 nitrogen and oxygen atoms in total. The highest BCUT2D eigenvalue weighted by Crippen LogP contribution is 2.22. The Kier molecular flexibility index (Phi) is 3.37. The van der Waals surface area contributed by atoms with Gasteiger partial charge in [-0.05, 0) is 27.2 Å². The molecule has 1 N–H and O–H groups in total. The van der Waals surface area contributed by atoms with Crippen molar-refractivity contribution in [3.63, 3.8) is 0 Å². The molecule has 1 aliphatic rings. The van der Waals surface area contributed by atoms with Crippen LogP contribution in [-0.2, 0) is 9.59 Å². The zero-order valence-electron chi connectivity index (χ0n) is 9.96. The first-order valence-electron chi connectivity index (χ1n) is 5.49. The van der Waals surface area contributed by atoms with Crippen molar-refractivity contribution in [3.8, 4) is 0 Å². The van der Waals surface area contributed by atoms with E-state index in [4.69, 9.17) is 0 Å². The highest BCUT2D eigenvalue weighted by atomic mass is 16.2. The molecule has 0 aliphatic carbocycles. The Morgan fingerprint density at radius 2 is 2.07 bits per heavy atom. The summed E-state index contributed by atoms with van der Waals surface area (Å²) in [6, 6.07) is -0.387. The molecule has 0 radical (unpaired) electrons. The number of hydrogen-bond acceptors (Lipinski definition) is 2. The lowest BCUT2D eigenvalue weighted by molar-refractivity contribution is -0.149. The average Bonchev–Trinajstić information content (AvgIpc) is 2.11. The van der Waals surface area contributed by atoms with Crippen LogP contribution in [0.5, 0.6) is 0 Å². The van der Waals surface area contributed by atoms with Crippen molar-refractivity contribution in [2.75, 3.05) is 6.54 Å². The minimum absolute atomic E-state index is 0.0213. The van der Waals surface area contributed by atoms with E-state index in [2.05, 4.69) is 12.2 Å². The molecule has 0 aromatic rings. The lowest BCUT2D eigenvalue weighted by Gasteiger charge is -2.42. The van der Waals surface area contributed by atoms with Gasteiger partial charge in [0.2, 0.25) is 11.8 Å². The third-order valence-corrected chi connectivity index (χ3v) is 2.91. The highest BCUT2D eigenvalue weighted by molar-refractivity contribution is 5.94. The highest BCUT2D eigenvalue weighted by Gasteiger charge is 2.37. The van der Waals surface area contributed by atoms with E-state index in [0.717, 1.165) is 12.8 Å².